The van der Waals surface area contributed by atoms with E-state index in [2.05, 4.69) is 10.3 Å². The maximum atomic E-state index is 12.8. The van der Waals surface area contributed by atoms with Crippen LogP contribution in [0.25, 0.3) is 0 Å². The van der Waals surface area contributed by atoms with Crippen molar-refractivity contribution in [3.8, 4) is 0 Å². The Hall–Kier alpha value is -1.08. The van der Waals surface area contributed by atoms with Crippen LogP contribution in [0.4, 0.5) is 13.2 Å². The van der Waals surface area contributed by atoms with E-state index in [0.29, 0.717) is 5.57 Å². The summed E-state index contributed by atoms with van der Waals surface area (Å²) in [5, 5.41) is 12.1. The second-order valence-corrected chi connectivity index (χ2v) is 5.07. The quantitative estimate of drug-likeness (QED) is 0.834. The van der Waals surface area contributed by atoms with E-state index in [1.165, 1.54) is 0 Å². The van der Waals surface area contributed by atoms with E-state index in [-0.39, 0.29) is 31.5 Å². The summed E-state index contributed by atoms with van der Waals surface area (Å²) in [7, 11) is 0. The van der Waals surface area contributed by atoms with Crippen molar-refractivity contribution in [3.05, 3.63) is 11.6 Å². The molecule has 0 amide bonds. The lowest BCUT2D eigenvalue weighted by Gasteiger charge is -2.27. The third-order valence-electron chi connectivity index (χ3n) is 3.45. The van der Waals surface area contributed by atoms with Crippen LogP contribution in [0.3, 0.4) is 0 Å². The maximum Gasteiger partial charge on any atom is 0.411 e. The highest BCUT2D eigenvalue weighted by molar-refractivity contribution is 5.89. The Labute approximate surface area is 115 Å². The van der Waals surface area contributed by atoms with Gasteiger partial charge in [0, 0.05) is 13.0 Å². The predicted octanol–water partition coefficient (Wildman–Crippen LogP) is 1.80. The molecule has 0 aromatic carbocycles. The molecule has 0 bridgehead atoms. The lowest BCUT2D eigenvalue weighted by molar-refractivity contribution is -0.147. The molecule has 0 aliphatic carbocycles. The number of aliphatic imine (C=N–C) groups is 1. The Morgan fingerprint density at radius 2 is 2.05 bits per heavy atom. The third kappa shape index (κ3) is 4.21. The molecule has 20 heavy (non-hydrogen) atoms. The average Bonchev–Trinajstić information content (AvgIpc) is 2.39. The van der Waals surface area contributed by atoms with Crippen LogP contribution >= 0.6 is 0 Å². The van der Waals surface area contributed by atoms with Crippen molar-refractivity contribution in [1.82, 2.24) is 5.32 Å². The predicted molar refractivity (Wildman–Crippen MR) is 68.7 cm³/mol. The average molecular weight is 292 g/mol. The molecule has 0 spiro atoms. The first kappa shape index (κ1) is 15.3. The van der Waals surface area contributed by atoms with E-state index >= 15 is 0 Å². The number of piperidine rings is 1. The van der Waals surface area contributed by atoms with Crippen LogP contribution in [-0.4, -0.2) is 49.0 Å². The molecule has 0 radical (unpaired) electrons. The van der Waals surface area contributed by atoms with Crippen molar-refractivity contribution in [3.63, 3.8) is 0 Å². The van der Waals surface area contributed by atoms with Crippen molar-refractivity contribution in [2.24, 2.45) is 4.99 Å². The molecular weight excluding hydrogens is 273 g/mol. The minimum atomic E-state index is -4.38. The summed E-state index contributed by atoms with van der Waals surface area (Å²) in [5.41, 5.74) is 0.536. The molecule has 0 aromatic heterocycles. The van der Waals surface area contributed by atoms with Crippen LogP contribution in [0.1, 0.15) is 25.7 Å². The number of aliphatic hydroxyl groups is 1. The van der Waals surface area contributed by atoms with Crippen molar-refractivity contribution >= 4 is 5.90 Å². The molecular formula is C13H19F3N2O2. The first-order valence-corrected chi connectivity index (χ1v) is 6.81. The Kier molecular flexibility index (Phi) is 5.04. The summed E-state index contributed by atoms with van der Waals surface area (Å²) < 4.78 is 44.1. The van der Waals surface area contributed by atoms with Crippen LogP contribution in [-0.2, 0) is 4.74 Å². The number of dihydropyridines is 1. The smallest absolute Gasteiger partial charge is 0.411 e. The molecule has 2 heterocycles. The van der Waals surface area contributed by atoms with E-state index in [9.17, 15) is 13.2 Å². The number of alkyl halides is 3. The zero-order valence-corrected chi connectivity index (χ0v) is 11.1. The fourth-order valence-electron chi connectivity index (χ4n) is 2.37. The number of nitrogens with zero attached hydrogens (tertiary/aromatic N) is 1. The van der Waals surface area contributed by atoms with Gasteiger partial charge in [-0.1, -0.05) is 5.57 Å². The first-order chi connectivity index (χ1) is 9.49. The van der Waals surface area contributed by atoms with E-state index in [0.717, 1.165) is 25.9 Å². The lowest BCUT2D eigenvalue weighted by Crippen LogP contribution is -2.36. The topological polar surface area (TPSA) is 53.9 Å². The van der Waals surface area contributed by atoms with Crippen LogP contribution in [0.2, 0.25) is 0 Å². The van der Waals surface area contributed by atoms with Crippen molar-refractivity contribution < 1.29 is 23.0 Å². The molecule has 0 saturated carbocycles. The Morgan fingerprint density at radius 3 is 2.65 bits per heavy atom. The summed E-state index contributed by atoms with van der Waals surface area (Å²) in [6.45, 7) is 1.43. The first-order valence-electron chi connectivity index (χ1n) is 6.81. The summed E-state index contributed by atoms with van der Waals surface area (Å²) in [6, 6.07) is -1.76. The molecule has 0 aromatic rings. The monoisotopic (exact) mass is 292 g/mol. The van der Waals surface area contributed by atoms with Gasteiger partial charge in [0.15, 0.2) is 6.04 Å². The van der Waals surface area contributed by atoms with Gasteiger partial charge in [0.1, 0.15) is 6.10 Å². The number of hydrogen-bond donors (Lipinski definition) is 2. The van der Waals surface area contributed by atoms with Crippen molar-refractivity contribution in [2.75, 3.05) is 19.7 Å². The lowest BCUT2D eigenvalue weighted by atomic mass is 10.0. The molecule has 2 rings (SSSR count). The molecule has 7 heteroatoms. The SMILES string of the molecule is OCCC1=CC(OC2CCNCC2)=NC(C(F)(F)F)C1. The number of aliphatic hydroxyl groups excluding tert-OH is 1. The number of hydrogen-bond acceptors (Lipinski definition) is 4. The highest BCUT2D eigenvalue weighted by atomic mass is 19.4. The van der Waals surface area contributed by atoms with Gasteiger partial charge < -0.3 is 15.2 Å². The number of nitrogens with one attached hydrogen (secondary N) is 1. The molecule has 1 fully saturated rings. The van der Waals surface area contributed by atoms with Gasteiger partial charge in [0.25, 0.3) is 0 Å². The van der Waals surface area contributed by atoms with Gasteiger partial charge in [-0.05, 0) is 38.4 Å². The minimum Gasteiger partial charge on any atom is -0.474 e. The van der Waals surface area contributed by atoms with E-state index in [1.807, 2.05) is 0 Å². The largest absolute Gasteiger partial charge is 0.474 e. The molecule has 1 unspecified atom stereocenters. The summed E-state index contributed by atoms with van der Waals surface area (Å²) in [6.07, 6.45) is -1.37. The fourth-order valence-corrected chi connectivity index (χ4v) is 2.37. The van der Waals surface area contributed by atoms with Gasteiger partial charge in [-0.3, -0.25) is 0 Å². The fraction of sp³-hybridized carbons (Fsp3) is 0.769. The van der Waals surface area contributed by atoms with Crippen LogP contribution in [0, 0.1) is 0 Å². The van der Waals surface area contributed by atoms with Gasteiger partial charge in [0.05, 0.1) is 0 Å². The molecule has 2 N–H and O–H groups in total. The summed E-state index contributed by atoms with van der Waals surface area (Å²) in [5.74, 6) is 0.0499. The second kappa shape index (κ2) is 6.58. The second-order valence-electron chi connectivity index (χ2n) is 5.07. The minimum absolute atomic E-state index is 0.0499. The van der Waals surface area contributed by atoms with Gasteiger partial charge in [0.2, 0.25) is 5.90 Å². The number of rotatable bonds is 3. The van der Waals surface area contributed by atoms with Crippen molar-refractivity contribution in [1.29, 1.82) is 0 Å². The van der Waals surface area contributed by atoms with E-state index in [1.54, 1.807) is 6.08 Å². The normalized spacial score (nSPS) is 25.1. The van der Waals surface area contributed by atoms with E-state index in [4.69, 9.17) is 9.84 Å². The van der Waals surface area contributed by atoms with Gasteiger partial charge in [-0.25, -0.2) is 4.99 Å². The van der Waals surface area contributed by atoms with Gasteiger partial charge in [-0.2, -0.15) is 13.2 Å². The Morgan fingerprint density at radius 1 is 1.35 bits per heavy atom. The molecule has 2 aliphatic heterocycles. The highest BCUT2D eigenvalue weighted by Crippen LogP contribution is 2.31. The number of ether oxygens (including phenoxy) is 1. The standard InChI is InChI=1S/C13H19F3N2O2/c14-13(15,16)11-7-9(3-6-19)8-12(18-11)20-10-1-4-17-5-2-10/h8,10-11,17,19H,1-7H2. The molecule has 2 aliphatic rings. The Bertz CT molecular complexity index is 388. The third-order valence-corrected chi connectivity index (χ3v) is 3.45. The van der Waals surface area contributed by atoms with Crippen LogP contribution in [0.5, 0.6) is 0 Å². The molecule has 1 saturated heterocycles. The van der Waals surface area contributed by atoms with Crippen LogP contribution < -0.4 is 5.32 Å². The Balaban J connectivity index is 2.07. The molecule has 4 nitrogen and oxygen atoms in total. The molecule has 114 valence electrons. The zero-order valence-electron chi connectivity index (χ0n) is 11.1. The number of halogens is 3. The highest BCUT2D eigenvalue weighted by Gasteiger charge is 2.41. The summed E-state index contributed by atoms with van der Waals surface area (Å²) in [4.78, 5) is 3.67. The maximum absolute atomic E-state index is 12.8. The van der Waals surface area contributed by atoms with Crippen LogP contribution in [0.15, 0.2) is 16.6 Å². The molecule has 1 atom stereocenters. The van der Waals surface area contributed by atoms with E-state index < -0.39 is 12.2 Å². The zero-order chi connectivity index (χ0) is 14.6. The van der Waals surface area contributed by atoms with Crippen molar-refractivity contribution in [2.45, 2.75) is 44.0 Å². The summed E-state index contributed by atoms with van der Waals surface area (Å²) >= 11 is 0. The van der Waals surface area contributed by atoms with Gasteiger partial charge in [-0.15, -0.1) is 0 Å². The van der Waals surface area contributed by atoms with Gasteiger partial charge >= 0.3 is 6.18 Å².